The molecule has 1 rings (SSSR count). The fourth-order valence-corrected chi connectivity index (χ4v) is 1.23. The minimum Gasteiger partial charge on any atom is -0.380 e. The first kappa shape index (κ1) is 9.23. The summed E-state index contributed by atoms with van der Waals surface area (Å²) in [5, 5.41) is 0.472. The second kappa shape index (κ2) is 4.24. The predicted molar refractivity (Wildman–Crippen MR) is 47.6 cm³/mol. The molecule has 64 valence electrons. The van der Waals surface area contributed by atoms with Gasteiger partial charge in [-0.1, -0.05) is 23.7 Å². The smallest absolute Gasteiger partial charge is 0.151 e. The van der Waals surface area contributed by atoms with Crippen molar-refractivity contribution in [2.45, 2.75) is 6.61 Å². The van der Waals surface area contributed by atoms with Crippen molar-refractivity contribution in [3.05, 3.63) is 34.3 Å². The van der Waals surface area contributed by atoms with Crippen LogP contribution in [0.25, 0.3) is 0 Å². The van der Waals surface area contributed by atoms with E-state index in [1.165, 1.54) is 0 Å². The predicted octanol–water partition coefficient (Wildman–Crippen LogP) is 2.30. The molecule has 0 unspecified atom stereocenters. The van der Waals surface area contributed by atoms with Crippen LogP contribution < -0.4 is 0 Å². The van der Waals surface area contributed by atoms with E-state index in [4.69, 9.17) is 16.3 Å². The zero-order chi connectivity index (χ0) is 8.97. The largest absolute Gasteiger partial charge is 0.380 e. The minimum absolute atomic E-state index is 0.411. The molecule has 0 bridgehead atoms. The van der Waals surface area contributed by atoms with Gasteiger partial charge in [-0.15, -0.1) is 0 Å². The van der Waals surface area contributed by atoms with E-state index in [1.807, 2.05) is 6.07 Å². The van der Waals surface area contributed by atoms with Crippen molar-refractivity contribution in [3.63, 3.8) is 0 Å². The van der Waals surface area contributed by atoms with Gasteiger partial charge in [-0.3, -0.25) is 4.79 Å². The molecule has 0 heterocycles. The van der Waals surface area contributed by atoms with Gasteiger partial charge in [0.05, 0.1) is 11.6 Å². The van der Waals surface area contributed by atoms with E-state index in [9.17, 15) is 4.79 Å². The maximum Gasteiger partial charge on any atom is 0.151 e. The van der Waals surface area contributed by atoms with Gasteiger partial charge in [0, 0.05) is 12.7 Å². The first-order chi connectivity index (χ1) is 5.79. The van der Waals surface area contributed by atoms with Gasteiger partial charge in [0.25, 0.3) is 0 Å². The van der Waals surface area contributed by atoms with Gasteiger partial charge in [0.2, 0.25) is 0 Å². The van der Waals surface area contributed by atoms with E-state index in [1.54, 1.807) is 19.2 Å². The van der Waals surface area contributed by atoms with Gasteiger partial charge in [-0.25, -0.2) is 0 Å². The maximum atomic E-state index is 10.6. The Balaban J connectivity index is 3.09. The van der Waals surface area contributed by atoms with Crippen molar-refractivity contribution < 1.29 is 9.53 Å². The van der Waals surface area contributed by atoms with Crippen LogP contribution in [0.3, 0.4) is 0 Å². The van der Waals surface area contributed by atoms with E-state index >= 15 is 0 Å². The van der Waals surface area contributed by atoms with Crippen LogP contribution in [0.4, 0.5) is 0 Å². The normalized spacial score (nSPS) is 9.83. The van der Waals surface area contributed by atoms with Crippen molar-refractivity contribution in [3.8, 4) is 0 Å². The topological polar surface area (TPSA) is 26.3 Å². The van der Waals surface area contributed by atoms with Crippen molar-refractivity contribution in [1.29, 1.82) is 0 Å². The highest BCUT2D eigenvalue weighted by molar-refractivity contribution is 6.33. The molecule has 0 atom stereocenters. The minimum atomic E-state index is 0.411. The monoisotopic (exact) mass is 184 g/mol. The summed E-state index contributed by atoms with van der Waals surface area (Å²) >= 11 is 5.78. The van der Waals surface area contributed by atoms with Crippen LogP contribution in [0, 0.1) is 0 Å². The lowest BCUT2D eigenvalue weighted by atomic mass is 10.1. The molecular weight excluding hydrogens is 176 g/mol. The number of carbonyl (C=O) groups excluding carboxylic acids is 1. The molecule has 12 heavy (non-hydrogen) atoms. The number of hydrogen-bond acceptors (Lipinski definition) is 2. The lowest BCUT2D eigenvalue weighted by Gasteiger charge is -2.03. The summed E-state index contributed by atoms with van der Waals surface area (Å²) in [6.45, 7) is 0.411. The fraction of sp³-hybridized carbons (Fsp3) is 0.222. The lowest BCUT2D eigenvalue weighted by Crippen LogP contribution is -1.94. The van der Waals surface area contributed by atoms with E-state index in [0.29, 0.717) is 17.2 Å². The average Bonchev–Trinajstić information content (AvgIpc) is 2.05. The molecule has 1 aromatic carbocycles. The third-order valence-corrected chi connectivity index (χ3v) is 1.89. The van der Waals surface area contributed by atoms with Gasteiger partial charge < -0.3 is 4.74 Å². The van der Waals surface area contributed by atoms with E-state index in [2.05, 4.69) is 0 Å². The Morgan fingerprint density at radius 2 is 2.33 bits per heavy atom. The lowest BCUT2D eigenvalue weighted by molar-refractivity contribution is 0.111. The summed E-state index contributed by atoms with van der Waals surface area (Å²) < 4.78 is 4.91. The van der Waals surface area contributed by atoms with Crippen LogP contribution in [0.2, 0.25) is 5.02 Å². The number of hydrogen-bond donors (Lipinski definition) is 0. The zero-order valence-electron chi connectivity index (χ0n) is 6.71. The van der Waals surface area contributed by atoms with Crippen LogP contribution in [0.5, 0.6) is 0 Å². The van der Waals surface area contributed by atoms with E-state index in [0.717, 1.165) is 11.8 Å². The quantitative estimate of drug-likeness (QED) is 0.674. The highest BCUT2D eigenvalue weighted by atomic mass is 35.5. The summed E-state index contributed by atoms with van der Waals surface area (Å²) in [4.78, 5) is 10.6. The molecule has 2 nitrogen and oxygen atoms in total. The van der Waals surface area contributed by atoms with Gasteiger partial charge >= 0.3 is 0 Å². The Bertz CT molecular complexity index is 284. The Morgan fingerprint density at radius 1 is 1.58 bits per heavy atom. The van der Waals surface area contributed by atoms with Crippen molar-refractivity contribution >= 4 is 17.9 Å². The van der Waals surface area contributed by atoms with Crippen molar-refractivity contribution in [2.75, 3.05) is 7.11 Å². The molecule has 0 aliphatic rings. The number of rotatable bonds is 3. The Hall–Kier alpha value is -0.860. The van der Waals surface area contributed by atoms with E-state index < -0.39 is 0 Å². The van der Waals surface area contributed by atoms with Gasteiger partial charge in [0.15, 0.2) is 6.29 Å². The van der Waals surface area contributed by atoms with Crippen molar-refractivity contribution in [1.82, 2.24) is 0 Å². The zero-order valence-corrected chi connectivity index (χ0v) is 7.47. The molecule has 0 saturated heterocycles. The maximum absolute atomic E-state index is 10.6. The second-order valence-electron chi connectivity index (χ2n) is 2.36. The van der Waals surface area contributed by atoms with Gasteiger partial charge in [-0.2, -0.15) is 0 Å². The molecule has 0 radical (unpaired) electrons. The first-order valence-electron chi connectivity index (χ1n) is 3.51. The molecule has 0 N–H and O–H groups in total. The van der Waals surface area contributed by atoms with Crippen LogP contribution in [-0.4, -0.2) is 13.4 Å². The molecule has 0 fully saturated rings. The number of carbonyl (C=O) groups is 1. The van der Waals surface area contributed by atoms with Gasteiger partial charge in [0.1, 0.15) is 0 Å². The summed E-state index contributed by atoms with van der Waals surface area (Å²) in [7, 11) is 1.58. The molecule has 0 aliphatic carbocycles. The highest BCUT2D eigenvalue weighted by Gasteiger charge is 2.04. The average molecular weight is 185 g/mol. The summed E-state index contributed by atoms with van der Waals surface area (Å²) in [6.07, 6.45) is 0.747. The Morgan fingerprint density at radius 3 is 2.92 bits per heavy atom. The number of aldehydes is 1. The van der Waals surface area contributed by atoms with Crippen LogP contribution in [0.1, 0.15) is 15.9 Å². The number of halogens is 1. The number of ether oxygens (including phenoxy) is 1. The Labute approximate surface area is 76.1 Å². The Kier molecular flexibility index (Phi) is 3.26. The standard InChI is InChI=1S/C9H9ClO2/c1-12-6-7-3-2-4-9(10)8(7)5-11/h2-5H,6H2,1H3. The summed E-state index contributed by atoms with van der Waals surface area (Å²) in [5.74, 6) is 0. The third-order valence-electron chi connectivity index (χ3n) is 1.56. The third kappa shape index (κ3) is 1.84. The van der Waals surface area contributed by atoms with Crippen LogP contribution in [0.15, 0.2) is 18.2 Å². The molecule has 0 saturated carbocycles. The molecule has 1 aromatic rings. The SMILES string of the molecule is COCc1cccc(Cl)c1C=O. The van der Waals surface area contributed by atoms with Crippen LogP contribution in [-0.2, 0) is 11.3 Å². The fourth-order valence-electron chi connectivity index (χ4n) is 0.995. The molecule has 0 spiro atoms. The second-order valence-corrected chi connectivity index (χ2v) is 2.77. The van der Waals surface area contributed by atoms with Crippen LogP contribution >= 0.6 is 11.6 Å². The summed E-state index contributed by atoms with van der Waals surface area (Å²) in [6, 6.07) is 5.30. The van der Waals surface area contributed by atoms with E-state index in [-0.39, 0.29) is 0 Å². The van der Waals surface area contributed by atoms with Gasteiger partial charge in [-0.05, 0) is 11.6 Å². The highest BCUT2D eigenvalue weighted by Crippen LogP contribution is 2.18. The molecular formula is C9H9ClO2. The molecule has 3 heteroatoms. The number of methoxy groups -OCH3 is 1. The summed E-state index contributed by atoms with van der Waals surface area (Å²) in [5.41, 5.74) is 1.33. The molecule has 0 aliphatic heterocycles. The molecule has 0 amide bonds. The number of benzene rings is 1. The molecule has 0 aromatic heterocycles. The van der Waals surface area contributed by atoms with Crippen molar-refractivity contribution in [2.24, 2.45) is 0 Å². The first-order valence-corrected chi connectivity index (χ1v) is 3.89.